The zero-order valence-corrected chi connectivity index (χ0v) is 15.9. The summed E-state index contributed by atoms with van der Waals surface area (Å²) >= 11 is 0. The zero-order valence-electron chi connectivity index (χ0n) is 15.1. The lowest BCUT2D eigenvalue weighted by atomic mass is 10.1. The quantitative estimate of drug-likeness (QED) is 0.782. The smallest absolute Gasteiger partial charge is 0.236 e. The Bertz CT molecular complexity index is 720. The first-order chi connectivity index (χ1) is 12.5. The fraction of sp³-hybridized carbons (Fsp3) is 0.526. The van der Waals surface area contributed by atoms with Crippen molar-refractivity contribution in [2.75, 3.05) is 45.8 Å². The van der Waals surface area contributed by atoms with E-state index in [1.807, 2.05) is 35.2 Å². The van der Waals surface area contributed by atoms with E-state index in [0.29, 0.717) is 32.7 Å². The first-order valence-electron chi connectivity index (χ1n) is 9.28. The van der Waals surface area contributed by atoms with Crippen molar-refractivity contribution >= 4 is 22.0 Å². The molecule has 142 valence electrons. The molecule has 0 unspecified atom stereocenters. The molecule has 0 atom stereocenters. The molecule has 2 saturated heterocycles. The fourth-order valence-corrected chi connectivity index (χ4v) is 4.56. The van der Waals surface area contributed by atoms with E-state index >= 15 is 0 Å². The molecule has 2 fully saturated rings. The van der Waals surface area contributed by atoms with Crippen molar-refractivity contribution in [2.45, 2.75) is 19.3 Å². The van der Waals surface area contributed by atoms with Crippen LogP contribution in [0.15, 0.2) is 35.7 Å². The van der Waals surface area contributed by atoms with Gasteiger partial charge in [0.15, 0.2) is 0 Å². The number of hydrogen-bond donors (Lipinski definition) is 0. The summed E-state index contributed by atoms with van der Waals surface area (Å²) in [6.45, 7) is 4.15. The molecule has 0 bridgehead atoms. The molecule has 2 aliphatic rings. The van der Waals surface area contributed by atoms with Crippen LogP contribution in [0.3, 0.4) is 0 Å². The van der Waals surface area contributed by atoms with Gasteiger partial charge in [-0.2, -0.15) is 4.31 Å². The van der Waals surface area contributed by atoms with Gasteiger partial charge in [0.25, 0.3) is 0 Å². The van der Waals surface area contributed by atoms with Crippen molar-refractivity contribution in [3.8, 4) is 0 Å². The van der Waals surface area contributed by atoms with Gasteiger partial charge in [0.1, 0.15) is 0 Å². The number of hydrogen-bond acceptors (Lipinski definition) is 4. The number of amides is 1. The molecule has 7 heteroatoms. The van der Waals surface area contributed by atoms with Crippen LogP contribution >= 0.6 is 0 Å². The van der Waals surface area contributed by atoms with Crippen LogP contribution in [0.4, 0.5) is 0 Å². The molecule has 0 aromatic heterocycles. The minimum absolute atomic E-state index is 0.171. The van der Waals surface area contributed by atoms with Crippen molar-refractivity contribution < 1.29 is 13.2 Å². The maximum absolute atomic E-state index is 12.5. The fourth-order valence-electron chi connectivity index (χ4n) is 3.39. The Labute approximate surface area is 156 Å². The molecule has 1 aromatic carbocycles. The standard InChI is InChI=1S/C19H27N3O3S/c23-19(21-10-5-2-6-11-21)17-20-12-14-22(15-13-20)26(24,25)16-9-18-7-3-1-4-8-18/h1,3-4,7-9,16H,2,5-6,10-15,17H2/b16-9+. The number of benzene rings is 1. The van der Waals surface area contributed by atoms with Crippen molar-refractivity contribution in [3.05, 3.63) is 41.3 Å². The lowest BCUT2D eigenvalue weighted by Gasteiger charge is -2.35. The summed E-state index contributed by atoms with van der Waals surface area (Å²) in [6, 6.07) is 9.40. The molecule has 0 spiro atoms. The van der Waals surface area contributed by atoms with E-state index in [0.717, 1.165) is 31.5 Å². The number of nitrogens with zero attached hydrogens (tertiary/aromatic N) is 3. The zero-order chi connectivity index (χ0) is 18.4. The Morgan fingerprint density at radius 1 is 0.923 bits per heavy atom. The molecule has 3 rings (SSSR count). The lowest BCUT2D eigenvalue weighted by Crippen LogP contribution is -2.51. The Balaban J connectivity index is 1.49. The Morgan fingerprint density at radius 3 is 2.23 bits per heavy atom. The average Bonchev–Trinajstić information content (AvgIpc) is 2.68. The van der Waals surface area contributed by atoms with Gasteiger partial charge in [0, 0.05) is 44.7 Å². The van der Waals surface area contributed by atoms with Crippen LogP contribution < -0.4 is 0 Å². The largest absolute Gasteiger partial charge is 0.342 e. The summed E-state index contributed by atoms with van der Waals surface area (Å²) in [5, 5.41) is 1.27. The second-order valence-corrected chi connectivity index (χ2v) is 8.69. The molecule has 2 aliphatic heterocycles. The molecule has 6 nitrogen and oxygen atoms in total. The van der Waals surface area contributed by atoms with E-state index < -0.39 is 10.0 Å². The summed E-state index contributed by atoms with van der Waals surface area (Å²) in [5.41, 5.74) is 0.863. The Kier molecular flexibility index (Phi) is 6.45. The third-order valence-corrected chi connectivity index (χ3v) is 6.56. The van der Waals surface area contributed by atoms with E-state index in [9.17, 15) is 13.2 Å². The molecular formula is C19H27N3O3S. The number of carbonyl (C=O) groups is 1. The van der Waals surface area contributed by atoms with Gasteiger partial charge in [0.2, 0.25) is 15.9 Å². The van der Waals surface area contributed by atoms with Crippen LogP contribution in [0, 0.1) is 0 Å². The number of sulfonamides is 1. The number of rotatable bonds is 5. The molecule has 0 saturated carbocycles. The Morgan fingerprint density at radius 2 is 1.58 bits per heavy atom. The normalized spacial score (nSPS) is 20.5. The summed E-state index contributed by atoms with van der Waals surface area (Å²) in [4.78, 5) is 16.3. The molecule has 0 radical (unpaired) electrons. The first kappa shape index (κ1) is 19.1. The van der Waals surface area contributed by atoms with Crippen molar-refractivity contribution in [2.24, 2.45) is 0 Å². The predicted molar refractivity (Wildman–Crippen MR) is 103 cm³/mol. The van der Waals surface area contributed by atoms with Gasteiger partial charge >= 0.3 is 0 Å². The SMILES string of the molecule is O=C(CN1CCN(S(=O)(=O)/C=C/c2ccccc2)CC1)N1CCCCC1. The minimum atomic E-state index is -3.42. The predicted octanol–water partition coefficient (Wildman–Crippen LogP) is 1.62. The van der Waals surface area contributed by atoms with Gasteiger partial charge in [-0.15, -0.1) is 0 Å². The maximum Gasteiger partial charge on any atom is 0.236 e. The minimum Gasteiger partial charge on any atom is -0.342 e. The van der Waals surface area contributed by atoms with Crippen LogP contribution in [0.1, 0.15) is 24.8 Å². The summed E-state index contributed by atoms with van der Waals surface area (Å²) in [6.07, 6.45) is 5.01. The monoisotopic (exact) mass is 377 g/mol. The van der Waals surface area contributed by atoms with E-state index in [-0.39, 0.29) is 5.91 Å². The van der Waals surface area contributed by atoms with Crippen LogP contribution in [-0.4, -0.2) is 74.2 Å². The second kappa shape index (κ2) is 8.79. The van der Waals surface area contributed by atoms with Gasteiger partial charge in [-0.25, -0.2) is 8.42 Å². The third-order valence-electron chi connectivity index (χ3n) is 4.99. The van der Waals surface area contributed by atoms with Crippen LogP contribution in [0.5, 0.6) is 0 Å². The highest BCUT2D eigenvalue weighted by Gasteiger charge is 2.27. The second-order valence-electron chi connectivity index (χ2n) is 6.88. The molecule has 0 aliphatic carbocycles. The first-order valence-corrected chi connectivity index (χ1v) is 10.8. The average molecular weight is 378 g/mol. The molecule has 1 aromatic rings. The molecule has 1 amide bonds. The highest BCUT2D eigenvalue weighted by atomic mass is 32.2. The third kappa shape index (κ3) is 5.16. The number of likely N-dealkylation sites (tertiary alicyclic amines) is 1. The van der Waals surface area contributed by atoms with Crippen molar-refractivity contribution in [3.63, 3.8) is 0 Å². The highest BCUT2D eigenvalue weighted by Crippen LogP contribution is 2.13. The van der Waals surface area contributed by atoms with E-state index in [2.05, 4.69) is 4.90 Å². The topological polar surface area (TPSA) is 60.9 Å². The van der Waals surface area contributed by atoms with Gasteiger partial charge in [0.05, 0.1) is 6.54 Å². The maximum atomic E-state index is 12.5. The van der Waals surface area contributed by atoms with Crippen LogP contribution in [0.25, 0.3) is 6.08 Å². The van der Waals surface area contributed by atoms with Gasteiger partial charge in [-0.05, 0) is 30.9 Å². The molecule has 2 heterocycles. The van der Waals surface area contributed by atoms with Crippen molar-refractivity contribution in [1.29, 1.82) is 0 Å². The van der Waals surface area contributed by atoms with Gasteiger partial charge in [-0.3, -0.25) is 9.69 Å². The van der Waals surface area contributed by atoms with E-state index in [4.69, 9.17) is 0 Å². The summed E-state index contributed by atoms with van der Waals surface area (Å²) < 4.78 is 26.5. The molecular weight excluding hydrogens is 350 g/mol. The van der Waals surface area contributed by atoms with E-state index in [1.165, 1.54) is 16.1 Å². The summed E-state index contributed by atoms with van der Waals surface area (Å²) in [5.74, 6) is 0.171. The number of piperidine rings is 1. The van der Waals surface area contributed by atoms with Gasteiger partial charge < -0.3 is 4.90 Å². The number of piperazine rings is 1. The van der Waals surface area contributed by atoms with Gasteiger partial charge in [-0.1, -0.05) is 30.3 Å². The lowest BCUT2D eigenvalue weighted by molar-refractivity contribution is -0.133. The summed E-state index contributed by atoms with van der Waals surface area (Å²) in [7, 11) is -3.42. The van der Waals surface area contributed by atoms with E-state index in [1.54, 1.807) is 6.08 Å². The molecule has 0 N–H and O–H groups in total. The molecule has 26 heavy (non-hydrogen) atoms. The van der Waals surface area contributed by atoms with Crippen molar-refractivity contribution in [1.82, 2.24) is 14.1 Å². The van der Waals surface area contributed by atoms with Crippen LogP contribution in [0.2, 0.25) is 0 Å². The highest BCUT2D eigenvalue weighted by molar-refractivity contribution is 7.92. The number of carbonyl (C=O) groups excluding carboxylic acids is 1. The Hall–Kier alpha value is -1.70. The van der Waals surface area contributed by atoms with Crippen LogP contribution in [-0.2, 0) is 14.8 Å².